The highest BCUT2D eigenvalue weighted by Crippen LogP contribution is 2.34. The largest absolute Gasteiger partial charge is 0.480 e. The molecule has 0 saturated carbocycles. The molecular formula is C13H22F3NO3. The molecule has 1 fully saturated rings. The number of hydrogen-bond donors (Lipinski definition) is 1. The van der Waals surface area contributed by atoms with E-state index in [9.17, 15) is 23.1 Å². The van der Waals surface area contributed by atoms with Gasteiger partial charge in [0.05, 0.1) is 0 Å². The Labute approximate surface area is 116 Å². The smallest absolute Gasteiger partial charge is 0.411 e. The van der Waals surface area contributed by atoms with Gasteiger partial charge >= 0.3 is 12.1 Å². The van der Waals surface area contributed by atoms with Crippen molar-refractivity contribution >= 4 is 5.97 Å². The van der Waals surface area contributed by atoms with E-state index in [1.165, 1.54) is 0 Å². The van der Waals surface area contributed by atoms with Crippen LogP contribution in [0.4, 0.5) is 13.2 Å². The summed E-state index contributed by atoms with van der Waals surface area (Å²) in [6, 6.07) is 0. The average molecular weight is 297 g/mol. The van der Waals surface area contributed by atoms with Crippen molar-refractivity contribution in [3.05, 3.63) is 0 Å². The minimum absolute atomic E-state index is 0.00215. The van der Waals surface area contributed by atoms with E-state index in [4.69, 9.17) is 0 Å². The van der Waals surface area contributed by atoms with Crippen LogP contribution in [0.3, 0.4) is 0 Å². The lowest BCUT2D eigenvalue weighted by atomic mass is 9.90. The second-order valence-electron chi connectivity index (χ2n) is 5.20. The zero-order valence-corrected chi connectivity index (χ0v) is 11.7. The van der Waals surface area contributed by atoms with Gasteiger partial charge in [-0.3, -0.25) is 9.69 Å². The standard InChI is InChI=1S/C13H22F3NO3/c1-2-5-12(11(18)19)6-3-7-17(12)8-4-9-20-10-13(14,15)16/h2-10H2,1H3,(H,18,19). The normalized spacial score (nSPS) is 24.2. The molecule has 118 valence electrons. The van der Waals surface area contributed by atoms with E-state index in [-0.39, 0.29) is 6.61 Å². The Kier molecular flexibility index (Phi) is 6.26. The van der Waals surface area contributed by atoms with Crippen molar-refractivity contribution in [3.63, 3.8) is 0 Å². The molecule has 1 unspecified atom stereocenters. The highest BCUT2D eigenvalue weighted by atomic mass is 19.4. The molecule has 1 atom stereocenters. The number of ether oxygens (including phenoxy) is 1. The van der Waals surface area contributed by atoms with E-state index in [0.29, 0.717) is 32.4 Å². The molecule has 1 saturated heterocycles. The van der Waals surface area contributed by atoms with Gasteiger partial charge in [0.1, 0.15) is 12.1 Å². The van der Waals surface area contributed by atoms with Crippen LogP contribution >= 0.6 is 0 Å². The van der Waals surface area contributed by atoms with Crippen molar-refractivity contribution in [3.8, 4) is 0 Å². The summed E-state index contributed by atoms with van der Waals surface area (Å²) >= 11 is 0. The zero-order chi connectivity index (χ0) is 15.2. The van der Waals surface area contributed by atoms with Crippen molar-refractivity contribution < 1.29 is 27.8 Å². The van der Waals surface area contributed by atoms with E-state index in [1.54, 1.807) is 0 Å². The second kappa shape index (κ2) is 7.26. The topological polar surface area (TPSA) is 49.8 Å². The summed E-state index contributed by atoms with van der Waals surface area (Å²) in [5.41, 5.74) is -0.835. The van der Waals surface area contributed by atoms with Gasteiger partial charge in [-0.1, -0.05) is 13.3 Å². The van der Waals surface area contributed by atoms with Crippen molar-refractivity contribution in [2.75, 3.05) is 26.3 Å². The molecule has 1 N–H and O–H groups in total. The highest BCUT2D eigenvalue weighted by Gasteiger charge is 2.46. The van der Waals surface area contributed by atoms with Crippen molar-refractivity contribution in [1.82, 2.24) is 4.90 Å². The zero-order valence-electron chi connectivity index (χ0n) is 11.7. The third kappa shape index (κ3) is 4.63. The molecule has 7 heteroatoms. The molecule has 1 heterocycles. The summed E-state index contributed by atoms with van der Waals surface area (Å²) in [5, 5.41) is 9.45. The van der Waals surface area contributed by atoms with Crippen LogP contribution in [0.2, 0.25) is 0 Å². The van der Waals surface area contributed by atoms with Gasteiger partial charge in [-0.15, -0.1) is 0 Å². The molecule has 0 aromatic carbocycles. The average Bonchev–Trinajstić information content (AvgIpc) is 2.72. The van der Waals surface area contributed by atoms with Gasteiger partial charge < -0.3 is 9.84 Å². The molecular weight excluding hydrogens is 275 g/mol. The third-order valence-electron chi connectivity index (χ3n) is 3.67. The number of carboxylic acids is 1. The van der Waals surface area contributed by atoms with Gasteiger partial charge in [-0.2, -0.15) is 13.2 Å². The fourth-order valence-electron chi connectivity index (χ4n) is 2.85. The second-order valence-corrected chi connectivity index (χ2v) is 5.20. The lowest BCUT2D eigenvalue weighted by Crippen LogP contribution is -2.50. The van der Waals surface area contributed by atoms with Crippen molar-refractivity contribution in [2.24, 2.45) is 0 Å². The first kappa shape index (κ1) is 17.2. The van der Waals surface area contributed by atoms with Crippen molar-refractivity contribution in [2.45, 2.75) is 50.7 Å². The fraction of sp³-hybridized carbons (Fsp3) is 0.923. The predicted molar refractivity (Wildman–Crippen MR) is 67.6 cm³/mol. The molecule has 0 amide bonds. The Balaban J connectivity index is 2.40. The molecule has 4 nitrogen and oxygen atoms in total. The summed E-state index contributed by atoms with van der Waals surface area (Å²) in [6.07, 6.45) is -1.12. The van der Waals surface area contributed by atoms with Crippen LogP contribution in [0, 0.1) is 0 Å². The number of likely N-dealkylation sites (tertiary alicyclic amines) is 1. The van der Waals surface area contributed by atoms with Gasteiger partial charge in [0.25, 0.3) is 0 Å². The molecule has 1 aliphatic heterocycles. The van der Waals surface area contributed by atoms with Crippen molar-refractivity contribution in [1.29, 1.82) is 0 Å². The molecule has 20 heavy (non-hydrogen) atoms. The number of nitrogens with zero attached hydrogens (tertiary/aromatic N) is 1. The molecule has 0 spiro atoms. The fourth-order valence-corrected chi connectivity index (χ4v) is 2.85. The molecule has 0 bridgehead atoms. The van der Waals surface area contributed by atoms with Crippen LogP contribution in [0.5, 0.6) is 0 Å². The lowest BCUT2D eigenvalue weighted by molar-refractivity contribution is -0.174. The quantitative estimate of drug-likeness (QED) is 0.700. The molecule has 0 aromatic rings. The lowest BCUT2D eigenvalue weighted by Gasteiger charge is -2.34. The first-order chi connectivity index (χ1) is 9.32. The Morgan fingerprint density at radius 2 is 2.15 bits per heavy atom. The van der Waals surface area contributed by atoms with Gasteiger partial charge in [0, 0.05) is 13.2 Å². The minimum atomic E-state index is -4.30. The van der Waals surface area contributed by atoms with Gasteiger partial charge in [0.15, 0.2) is 0 Å². The van der Waals surface area contributed by atoms with E-state index < -0.39 is 24.3 Å². The molecule has 1 rings (SSSR count). The van der Waals surface area contributed by atoms with Crippen LogP contribution in [-0.4, -0.2) is 54.0 Å². The summed E-state index contributed by atoms with van der Waals surface area (Å²) < 4.78 is 40.2. The van der Waals surface area contributed by atoms with Crippen LogP contribution in [0.25, 0.3) is 0 Å². The summed E-state index contributed by atoms with van der Waals surface area (Å²) in [7, 11) is 0. The number of aliphatic carboxylic acids is 1. The first-order valence-corrected chi connectivity index (χ1v) is 6.95. The molecule has 1 aliphatic rings. The van der Waals surface area contributed by atoms with Crippen LogP contribution in [0.1, 0.15) is 39.0 Å². The van der Waals surface area contributed by atoms with E-state index in [2.05, 4.69) is 4.74 Å². The minimum Gasteiger partial charge on any atom is -0.480 e. The maximum atomic E-state index is 11.9. The van der Waals surface area contributed by atoms with E-state index in [0.717, 1.165) is 12.8 Å². The first-order valence-electron chi connectivity index (χ1n) is 6.95. The summed E-state index contributed by atoms with van der Waals surface area (Å²) in [5.74, 6) is -0.826. The Bertz CT molecular complexity index is 322. The molecule has 0 radical (unpaired) electrons. The predicted octanol–water partition coefficient (Wildman–Crippen LogP) is 2.67. The van der Waals surface area contributed by atoms with Gasteiger partial charge in [-0.25, -0.2) is 0 Å². The summed E-state index contributed by atoms with van der Waals surface area (Å²) in [6.45, 7) is 1.84. The highest BCUT2D eigenvalue weighted by molar-refractivity contribution is 5.79. The SMILES string of the molecule is CCCC1(C(=O)O)CCCN1CCCOCC(F)(F)F. The number of hydrogen-bond acceptors (Lipinski definition) is 3. The van der Waals surface area contributed by atoms with Gasteiger partial charge in [-0.05, 0) is 32.2 Å². The summed E-state index contributed by atoms with van der Waals surface area (Å²) in [4.78, 5) is 13.4. The molecule has 0 aromatic heterocycles. The number of halogens is 3. The van der Waals surface area contributed by atoms with Crippen LogP contribution in [0.15, 0.2) is 0 Å². The maximum Gasteiger partial charge on any atom is 0.411 e. The number of alkyl halides is 3. The Hall–Kier alpha value is -0.820. The molecule has 0 aliphatic carbocycles. The number of rotatable bonds is 8. The number of carboxylic acid groups (broad SMARTS) is 1. The van der Waals surface area contributed by atoms with E-state index in [1.807, 2.05) is 11.8 Å². The maximum absolute atomic E-state index is 11.9. The Morgan fingerprint density at radius 3 is 2.70 bits per heavy atom. The number of carbonyl (C=O) groups is 1. The Morgan fingerprint density at radius 1 is 1.45 bits per heavy atom. The van der Waals surface area contributed by atoms with Crippen LogP contribution in [-0.2, 0) is 9.53 Å². The van der Waals surface area contributed by atoms with E-state index >= 15 is 0 Å². The monoisotopic (exact) mass is 297 g/mol. The third-order valence-corrected chi connectivity index (χ3v) is 3.67. The van der Waals surface area contributed by atoms with Gasteiger partial charge in [0.2, 0.25) is 0 Å². The van der Waals surface area contributed by atoms with Crippen LogP contribution < -0.4 is 0 Å².